The van der Waals surface area contributed by atoms with Crippen LogP contribution in [0.3, 0.4) is 0 Å². The number of aromatic amines is 1. The molecule has 120 valence electrons. The zero-order chi connectivity index (χ0) is 16.5. The second kappa shape index (κ2) is 5.77. The van der Waals surface area contributed by atoms with E-state index in [0.717, 1.165) is 16.6 Å². The summed E-state index contributed by atoms with van der Waals surface area (Å²) in [6.07, 6.45) is 3.34. The molecule has 2 N–H and O–H groups in total. The molecule has 24 heavy (non-hydrogen) atoms. The highest BCUT2D eigenvalue weighted by Crippen LogP contribution is 2.26. The lowest BCUT2D eigenvalue weighted by atomic mass is 10.2. The van der Waals surface area contributed by atoms with Gasteiger partial charge in [-0.05, 0) is 26.0 Å². The van der Waals surface area contributed by atoms with Crippen molar-refractivity contribution in [1.82, 2.24) is 24.9 Å². The number of nitrogens with zero attached hydrogens (tertiary/aromatic N) is 4. The summed E-state index contributed by atoms with van der Waals surface area (Å²) in [7, 11) is 0. The number of imidazole rings is 1. The summed E-state index contributed by atoms with van der Waals surface area (Å²) >= 11 is 0. The van der Waals surface area contributed by atoms with Crippen LogP contribution in [-0.2, 0) is 0 Å². The van der Waals surface area contributed by atoms with E-state index in [-0.39, 0.29) is 6.10 Å². The van der Waals surface area contributed by atoms with Gasteiger partial charge in [0.15, 0.2) is 5.65 Å². The number of nitrogens with one attached hydrogen (secondary N) is 2. The zero-order valence-electron chi connectivity index (χ0n) is 13.3. The lowest BCUT2D eigenvalue weighted by Gasteiger charge is -2.12. The van der Waals surface area contributed by atoms with Gasteiger partial charge in [-0.3, -0.25) is 4.98 Å². The minimum Gasteiger partial charge on any atom is -0.473 e. The van der Waals surface area contributed by atoms with Gasteiger partial charge in [-0.25, -0.2) is 4.98 Å². The number of para-hydroxylation sites is 1. The Balaban J connectivity index is 1.78. The number of hydrogen-bond donors (Lipinski definition) is 2. The molecule has 0 aliphatic heterocycles. The van der Waals surface area contributed by atoms with Gasteiger partial charge in [0.1, 0.15) is 5.52 Å². The molecule has 7 nitrogen and oxygen atoms in total. The maximum absolute atomic E-state index is 5.77. The maximum atomic E-state index is 5.77. The fraction of sp³-hybridized carbons (Fsp3) is 0.176. The fourth-order valence-electron chi connectivity index (χ4n) is 2.50. The van der Waals surface area contributed by atoms with Crippen LogP contribution >= 0.6 is 0 Å². The van der Waals surface area contributed by atoms with E-state index < -0.39 is 0 Å². The highest BCUT2D eigenvalue weighted by molar-refractivity contribution is 5.91. The Kier molecular flexibility index (Phi) is 3.45. The molecular weight excluding hydrogens is 304 g/mol. The zero-order valence-corrected chi connectivity index (χ0v) is 13.3. The van der Waals surface area contributed by atoms with Crippen LogP contribution in [0.1, 0.15) is 13.8 Å². The molecule has 0 aliphatic carbocycles. The molecule has 0 spiro atoms. The molecule has 0 fully saturated rings. The average Bonchev–Trinajstić information content (AvgIpc) is 3.03. The summed E-state index contributed by atoms with van der Waals surface area (Å²) < 4.78 is 5.77. The number of ether oxygens (including phenoxy) is 1. The molecule has 3 aromatic heterocycles. The normalized spacial score (nSPS) is 11.3. The molecule has 0 aliphatic rings. The third-order valence-electron chi connectivity index (χ3n) is 3.48. The third-order valence-corrected chi connectivity index (χ3v) is 3.48. The van der Waals surface area contributed by atoms with Crippen LogP contribution in [0.5, 0.6) is 5.88 Å². The molecule has 0 atom stereocenters. The van der Waals surface area contributed by atoms with Gasteiger partial charge in [-0.2, -0.15) is 9.97 Å². The molecule has 3 heterocycles. The summed E-state index contributed by atoms with van der Waals surface area (Å²) in [5.74, 6) is 0.895. The number of fused-ring (bicyclic) bond motifs is 2. The predicted molar refractivity (Wildman–Crippen MR) is 92.5 cm³/mol. The summed E-state index contributed by atoms with van der Waals surface area (Å²) in [5.41, 5.74) is 2.93. The summed E-state index contributed by atoms with van der Waals surface area (Å²) in [6, 6.07) is 9.84. The predicted octanol–water partition coefficient (Wildman–Crippen LogP) is 3.43. The second-order valence-corrected chi connectivity index (χ2v) is 5.63. The van der Waals surface area contributed by atoms with Gasteiger partial charge < -0.3 is 15.0 Å². The first-order valence-corrected chi connectivity index (χ1v) is 7.69. The number of benzene rings is 1. The lowest BCUT2D eigenvalue weighted by Crippen LogP contribution is -2.09. The van der Waals surface area contributed by atoms with Gasteiger partial charge in [-0.15, -0.1) is 0 Å². The molecule has 0 radical (unpaired) electrons. The molecule has 4 aromatic rings. The molecular formula is C17H16N6O. The fourth-order valence-corrected chi connectivity index (χ4v) is 2.50. The van der Waals surface area contributed by atoms with Crippen LogP contribution in [0.15, 0.2) is 42.9 Å². The largest absolute Gasteiger partial charge is 0.473 e. The number of aromatic nitrogens is 5. The topological polar surface area (TPSA) is 88.6 Å². The molecule has 7 heteroatoms. The number of H-pyrrole nitrogens is 1. The molecule has 0 saturated heterocycles. The Morgan fingerprint density at radius 2 is 1.96 bits per heavy atom. The maximum Gasteiger partial charge on any atom is 0.245 e. The van der Waals surface area contributed by atoms with Gasteiger partial charge in [0.05, 0.1) is 23.6 Å². The van der Waals surface area contributed by atoms with Crippen LogP contribution in [-0.4, -0.2) is 31.0 Å². The van der Waals surface area contributed by atoms with Crippen molar-refractivity contribution in [2.24, 2.45) is 0 Å². The highest BCUT2D eigenvalue weighted by Gasteiger charge is 2.13. The van der Waals surface area contributed by atoms with E-state index in [9.17, 15) is 0 Å². The number of rotatable bonds is 4. The van der Waals surface area contributed by atoms with E-state index in [1.165, 1.54) is 0 Å². The van der Waals surface area contributed by atoms with Crippen molar-refractivity contribution in [1.29, 1.82) is 0 Å². The van der Waals surface area contributed by atoms with E-state index in [1.54, 1.807) is 12.5 Å². The quantitative estimate of drug-likeness (QED) is 0.599. The van der Waals surface area contributed by atoms with Crippen LogP contribution in [0, 0.1) is 0 Å². The van der Waals surface area contributed by atoms with Crippen molar-refractivity contribution in [2.75, 3.05) is 5.32 Å². The molecule has 0 bridgehead atoms. The van der Waals surface area contributed by atoms with Crippen molar-refractivity contribution in [2.45, 2.75) is 20.0 Å². The number of hydrogen-bond acceptors (Lipinski definition) is 6. The van der Waals surface area contributed by atoms with Gasteiger partial charge in [0.25, 0.3) is 0 Å². The minimum absolute atomic E-state index is 0.00141. The van der Waals surface area contributed by atoms with E-state index in [1.807, 2.05) is 44.2 Å². The Hall–Kier alpha value is -3.22. The standard InChI is InChI=1S/C17H16N6O/c1-10(2)24-16-14-15(20-9-19-14)22-17(23-16)21-12-7-3-5-11-6-4-8-18-13(11)12/h3-10H,1-2H3,(H2,19,20,21,22,23). The third kappa shape index (κ3) is 2.60. The molecule has 1 aromatic carbocycles. The molecule has 0 amide bonds. The van der Waals surface area contributed by atoms with Crippen molar-refractivity contribution in [3.8, 4) is 5.88 Å². The van der Waals surface area contributed by atoms with Crippen LogP contribution < -0.4 is 10.1 Å². The lowest BCUT2D eigenvalue weighted by molar-refractivity contribution is 0.235. The van der Waals surface area contributed by atoms with E-state index in [0.29, 0.717) is 23.0 Å². The SMILES string of the molecule is CC(C)Oc1nc(Nc2cccc3cccnc23)nc2nc[nH]c12. The first-order chi connectivity index (χ1) is 11.7. The smallest absolute Gasteiger partial charge is 0.245 e. The first kappa shape index (κ1) is 14.4. The monoisotopic (exact) mass is 320 g/mol. The van der Waals surface area contributed by atoms with Gasteiger partial charge in [0, 0.05) is 11.6 Å². The number of pyridine rings is 1. The van der Waals surface area contributed by atoms with Crippen LogP contribution in [0.4, 0.5) is 11.6 Å². The van der Waals surface area contributed by atoms with Crippen molar-refractivity contribution < 1.29 is 4.74 Å². The van der Waals surface area contributed by atoms with Crippen molar-refractivity contribution in [3.05, 3.63) is 42.9 Å². The molecule has 0 unspecified atom stereocenters. The molecule has 4 rings (SSSR count). The summed E-state index contributed by atoms with van der Waals surface area (Å²) in [6.45, 7) is 3.90. The Morgan fingerprint density at radius 3 is 2.83 bits per heavy atom. The van der Waals surface area contributed by atoms with Gasteiger partial charge in [-0.1, -0.05) is 18.2 Å². The Morgan fingerprint density at radius 1 is 1.08 bits per heavy atom. The first-order valence-electron chi connectivity index (χ1n) is 7.69. The van der Waals surface area contributed by atoms with E-state index in [2.05, 4.69) is 30.2 Å². The minimum atomic E-state index is -0.00141. The summed E-state index contributed by atoms with van der Waals surface area (Å²) in [4.78, 5) is 20.6. The van der Waals surface area contributed by atoms with E-state index >= 15 is 0 Å². The van der Waals surface area contributed by atoms with Gasteiger partial charge >= 0.3 is 0 Å². The highest BCUT2D eigenvalue weighted by atomic mass is 16.5. The van der Waals surface area contributed by atoms with Crippen molar-refractivity contribution in [3.63, 3.8) is 0 Å². The average molecular weight is 320 g/mol. The van der Waals surface area contributed by atoms with Crippen molar-refractivity contribution >= 4 is 33.7 Å². The summed E-state index contributed by atoms with van der Waals surface area (Å²) in [5, 5.41) is 4.27. The molecule has 0 saturated carbocycles. The Labute approximate surface area is 138 Å². The Bertz CT molecular complexity index is 1000. The van der Waals surface area contributed by atoms with E-state index in [4.69, 9.17) is 4.74 Å². The van der Waals surface area contributed by atoms with Gasteiger partial charge in [0.2, 0.25) is 11.8 Å². The number of anilines is 2. The van der Waals surface area contributed by atoms with Crippen LogP contribution in [0.25, 0.3) is 22.1 Å². The second-order valence-electron chi connectivity index (χ2n) is 5.63. The van der Waals surface area contributed by atoms with Crippen LogP contribution in [0.2, 0.25) is 0 Å².